The van der Waals surface area contributed by atoms with E-state index in [2.05, 4.69) is 15.9 Å². The van der Waals surface area contributed by atoms with Gasteiger partial charge in [-0.2, -0.15) is 0 Å². The first-order valence-electron chi connectivity index (χ1n) is 5.20. The van der Waals surface area contributed by atoms with Gasteiger partial charge in [0.05, 0.1) is 0 Å². The van der Waals surface area contributed by atoms with Crippen molar-refractivity contribution in [3.05, 3.63) is 28.2 Å². The zero-order valence-corrected chi connectivity index (χ0v) is 11.0. The molecule has 1 aromatic carbocycles. The molecule has 0 aliphatic heterocycles. The van der Waals surface area contributed by atoms with Crippen LogP contribution in [0.15, 0.2) is 22.7 Å². The van der Waals surface area contributed by atoms with Gasteiger partial charge in [-0.15, -0.1) is 0 Å². The lowest BCUT2D eigenvalue weighted by molar-refractivity contribution is -0.145. The van der Waals surface area contributed by atoms with Crippen molar-refractivity contribution in [1.82, 2.24) is 0 Å². The highest BCUT2D eigenvalue weighted by molar-refractivity contribution is 9.10. The number of benzene rings is 1. The fourth-order valence-electron chi connectivity index (χ4n) is 1.39. The minimum absolute atomic E-state index is 0.519. The van der Waals surface area contributed by atoms with Gasteiger partial charge in [-0.3, -0.25) is 0 Å². The van der Waals surface area contributed by atoms with E-state index in [1.807, 2.05) is 26.0 Å². The summed E-state index contributed by atoms with van der Waals surface area (Å²) in [6.07, 6.45) is 0.544. The standard InChI is InChI=1S/C12H15BrO3/c1-3-4-11(12(14)15)16-10-6-5-9(13)7-8(10)2/h5-7,11H,3-4H2,1-2H3,(H,14,15). The molecule has 0 amide bonds. The zero-order valence-electron chi connectivity index (χ0n) is 9.37. The Labute approximate surface area is 104 Å². The van der Waals surface area contributed by atoms with Crippen molar-refractivity contribution in [3.8, 4) is 5.75 Å². The number of aryl methyl sites for hydroxylation is 1. The first kappa shape index (κ1) is 13.0. The quantitative estimate of drug-likeness (QED) is 0.903. The average molecular weight is 287 g/mol. The van der Waals surface area contributed by atoms with E-state index in [9.17, 15) is 4.79 Å². The van der Waals surface area contributed by atoms with Crippen molar-refractivity contribution in [1.29, 1.82) is 0 Å². The van der Waals surface area contributed by atoms with E-state index in [0.29, 0.717) is 12.2 Å². The highest BCUT2D eigenvalue weighted by Crippen LogP contribution is 2.23. The predicted octanol–water partition coefficient (Wildman–Crippen LogP) is 3.39. The van der Waals surface area contributed by atoms with Crippen molar-refractivity contribution in [2.24, 2.45) is 0 Å². The van der Waals surface area contributed by atoms with Gasteiger partial charge in [0.25, 0.3) is 0 Å². The second-order valence-electron chi connectivity index (χ2n) is 3.64. The summed E-state index contributed by atoms with van der Waals surface area (Å²) in [5.74, 6) is -0.284. The largest absolute Gasteiger partial charge is 0.479 e. The SMILES string of the molecule is CCCC(Oc1ccc(Br)cc1C)C(=O)O. The number of carboxylic acid groups (broad SMARTS) is 1. The van der Waals surface area contributed by atoms with E-state index in [-0.39, 0.29) is 0 Å². The van der Waals surface area contributed by atoms with Crippen LogP contribution < -0.4 is 4.74 Å². The highest BCUT2D eigenvalue weighted by atomic mass is 79.9. The molecule has 1 unspecified atom stereocenters. The topological polar surface area (TPSA) is 46.5 Å². The van der Waals surface area contributed by atoms with Crippen LogP contribution in [0, 0.1) is 6.92 Å². The summed E-state index contributed by atoms with van der Waals surface area (Å²) in [4.78, 5) is 10.9. The Bertz CT molecular complexity index is 377. The maximum absolute atomic E-state index is 10.9. The van der Waals surface area contributed by atoms with E-state index in [1.54, 1.807) is 6.07 Å². The number of carbonyl (C=O) groups is 1. The van der Waals surface area contributed by atoms with E-state index < -0.39 is 12.1 Å². The van der Waals surface area contributed by atoms with Crippen molar-refractivity contribution in [2.75, 3.05) is 0 Å². The van der Waals surface area contributed by atoms with Gasteiger partial charge in [0.15, 0.2) is 6.10 Å². The molecule has 0 heterocycles. The monoisotopic (exact) mass is 286 g/mol. The lowest BCUT2D eigenvalue weighted by atomic mass is 10.2. The molecule has 16 heavy (non-hydrogen) atoms. The maximum Gasteiger partial charge on any atom is 0.344 e. The third-order valence-electron chi connectivity index (χ3n) is 2.23. The fraction of sp³-hybridized carbons (Fsp3) is 0.417. The number of ether oxygens (including phenoxy) is 1. The Morgan fingerprint density at radius 1 is 1.56 bits per heavy atom. The average Bonchev–Trinajstić information content (AvgIpc) is 2.20. The Balaban J connectivity index is 2.81. The Kier molecular flexibility index (Phi) is 4.80. The van der Waals surface area contributed by atoms with Crippen molar-refractivity contribution in [3.63, 3.8) is 0 Å². The molecule has 88 valence electrons. The summed E-state index contributed by atoms with van der Waals surface area (Å²) in [5.41, 5.74) is 0.928. The first-order valence-corrected chi connectivity index (χ1v) is 5.99. The minimum atomic E-state index is -0.913. The number of hydrogen-bond donors (Lipinski definition) is 1. The summed E-state index contributed by atoms with van der Waals surface area (Å²) in [6.45, 7) is 3.83. The number of hydrogen-bond acceptors (Lipinski definition) is 2. The number of rotatable bonds is 5. The minimum Gasteiger partial charge on any atom is -0.479 e. The zero-order chi connectivity index (χ0) is 12.1. The molecule has 0 fully saturated rings. The summed E-state index contributed by atoms with van der Waals surface area (Å²) >= 11 is 3.35. The molecular formula is C12H15BrO3. The highest BCUT2D eigenvalue weighted by Gasteiger charge is 2.18. The molecule has 0 saturated heterocycles. The number of carboxylic acids is 1. The lowest BCUT2D eigenvalue weighted by Crippen LogP contribution is -2.26. The van der Waals surface area contributed by atoms with Gasteiger partial charge < -0.3 is 9.84 Å². The molecule has 4 heteroatoms. The molecule has 0 bridgehead atoms. The van der Waals surface area contributed by atoms with E-state index in [4.69, 9.17) is 9.84 Å². The Morgan fingerprint density at radius 2 is 2.25 bits per heavy atom. The molecular weight excluding hydrogens is 272 g/mol. The fourth-order valence-corrected chi connectivity index (χ4v) is 1.87. The van der Waals surface area contributed by atoms with Crippen molar-refractivity contribution < 1.29 is 14.6 Å². The Hall–Kier alpha value is -1.03. The molecule has 1 aromatic rings. The normalized spacial score (nSPS) is 12.2. The van der Waals surface area contributed by atoms with Crippen LogP contribution in [-0.4, -0.2) is 17.2 Å². The van der Waals surface area contributed by atoms with Crippen LogP contribution in [0.25, 0.3) is 0 Å². The summed E-state index contributed by atoms with van der Waals surface area (Å²) < 4.78 is 6.44. The summed E-state index contributed by atoms with van der Waals surface area (Å²) in [5, 5.41) is 8.98. The van der Waals surface area contributed by atoms with E-state index in [1.165, 1.54) is 0 Å². The lowest BCUT2D eigenvalue weighted by Gasteiger charge is -2.16. The van der Waals surface area contributed by atoms with Crippen LogP contribution in [0.3, 0.4) is 0 Å². The third kappa shape index (κ3) is 3.52. The van der Waals surface area contributed by atoms with Gasteiger partial charge in [0, 0.05) is 4.47 Å². The number of aliphatic carboxylic acids is 1. The van der Waals surface area contributed by atoms with Crippen LogP contribution in [0.4, 0.5) is 0 Å². The van der Waals surface area contributed by atoms with E-state index in [0.717, 1.165) is 16.5 Å². The molecule has 0 spiro atoms. The van der Waals surface area contributed by atoms with Gasteiger partial charge in [0.2, 0.25) is 0 Å². The molecule has 0 radical (unpaired) electrons. The molecule has 3 nitrogen and oxygen atoms in total. The smallest absolute Gasteiger partial charge is 0.344 e. The van der Waals surface area contributed by atoms with E-state index >= 15 is 0 Å². The van der Waals surface area contributed by atoms with Crippen molar-refractivity contribution in [2.45, 2.75) is 32.8 Å². The van der Waals surface area contributed by atoms with Gasteiger partial charge in [0.1, 0.15) is 5.75 Å². The molecule has 0 aliphatic carbocycles. The van der Waals surface area contributed by atoms with Gasteiger partial charge in [-0.05, 0) is 37.1 Å². The molecule has 0 aliphatic rings. The predicted molar refractivity (Wildman–Crippen MR) is 65.8 cm³/mol. The van der Waals surface area contributed by atoms with Crippen LogP contribution in [0.1, 0.15) is 25.3 Å². The third-order valence-corrected chi connectivity index (χ3v) is 2.73. The van der Waals surface area contributed by atoms with Gasteiger partial charge in [-0.1, -0.05) is 29.3 Å². The van der Waals surface area contributed by atoms with Crippen LogP contribution in [0.2, 0.25) is 0 Å². The van der Waals surface area contributed by atoms with Crippen LogP contribution >= 0.6 is 15.9 Å². The molecule has 0 saturated carbocycles. The summed E-state index contributed by atoms with van der Waals surface area (Å²) in [7, 11) is 0. The Morgan fingerprint density at radius 3 is 2.75 bits per heavy atom. The molecule has 1 rings (SSSR count). The van der Waals surface area contributed by atoms with Gasteiger partial charge in [-0.25, -0.2) is 4.79 Å². The summed E-state index contributed by atoms with van der Waals surface area (Å²) in [6, 6.07) is 5.53. The number of halogens is 1. The molecule has 0 aromatic heterocycles. The van der Waals surface area contributed by atoms with Crippen molar-refractivity contribution >= 4 is 21.9 Å². The second kappa shape index (κ2) is 5.89. The van der Waals surface area contributed by atoms with Crippen LogP contribution in [0.5, 0.6) is 5.75 Å². The molecule has 1 atom stereocenters. The van der Waals surface area contributed by atoms with Gasteiger partial charge >= 0.3 is 5.97 Å². The second-order valence-corrected chi connectivity index (χ2v) is 4.56. The first-order chi connectivity index (χ1) is 7.54. The maximum atomic E-state index is 10.9. The van der Waals surface area contributed by atoms with Crippen LogP contribution in [-0.2, 0) is 4.79 Å². The molecule has 1 N–H and O–H groups in total.